The van der Waals surface area contributed by atoms with E-state index >= 15 is 0 Å². The number of nitrogens with zero attached hydrogens (tertiary/aromatic N) is 1. The van der Waals surface area contributed by atoms with E-state index in [1.807, 2.05) is 27.2 Å². The van der Waals surface area contributed by atoms with E-state index in [0.717, 1.165) is 103 Å². The Morgan fingerprint density at radius 1 is 0.474 bits per heavy atom. The molecule has 0 aromatic rings. The first-order valence-corrected chi connectivity index (χ1v) is 32.4. The molecule has 0 radical (unpaired) electrons. The zero-order chi connectivity index (χ0) is 55.6. The summed E-state index contributed by atoms with van der Waals surface area (Å²) in [6.45, 7) is 4.51. The van der Waals surface area contributed by atoms with Crippen molar-refractivity contribution in [3.8, 4) is 0 Å². The van der Waals surface area contributed by atoms with Gasteiger partial charge in [0.15, 0.2) is 0 Å². The quantitative estimate of drug-likeness (QED) is 0.0272. The Bertz CT molecular complexity index is 1650. The Balaban J connectivity index is 4.25. The normalized spacial score (nSPS) is 14.7. The van der Waals surface area contributed by atoms with Crippen molar-refractivity contribution >= 4 is 13.7 Å². The fourth-order valence-corrected chi connectivity index (χ4v) is 9.08. The van der Waals surface area contributed by atoms with Crippen molar-refractivity contribution in [2.24, 2.45) is 0 Å². The summed E-state index contributed by atoms with van der Waals surface area (Å²) in [7, 11) is 1.22. The second-order valence-corrected chi connectivity index (χ2v) is 23.1. The molecule has 0 fully saturated rings. The van der Waals surface area contributed by atoms with Crippen LogP contribution < -0.4 is 10.2 Å². The van der Waals surface area contributed by atoms with E-state index in [4.69, 9.17) is 9.05 Å². The highest BCUT2D eigenvalue weighted by Gasteiger charge is 2.23. The van der Waals surface area contributed by atoms with Crippen molar-refractivity contribution in [3.05, 3.63) is 122 Å². The fourth-order valence-electron chi connectivity index (χ4n) is 8.36. The number of phosphoric ester groups is 1. The molecule has 3 unspecified atom stereocenters. The lowest BCUT2D eigenvalue weighted by atomic mass is 10.0. The minimum absolute atomic E-state index is 0.0141. The molecule has 0 rings (SSSR count). The molecule has 0 heterocycles. The summed E-state index contributed by atoms with van der Waals surface area (Å²) < 4.78 is 23.4. The van der Waals surface area contributed by atoms with Crippen LogP contribution in [0.2, 0.25) is 0 Å². The lowest BCUT2D eigenvalue weighted by Crippen LogP contribution is -2.45. The summed E-state index contributed by atoms with van der Waals surface area (Å²) in [6.07, 6.45) is 84.3. The number of nitrogens with one attached hydrogen (secondary N) is 1. The molecule has 3 atom stereocenters. The number of carbonyl (C=O) groups excluding carboxylic acids is 1. The van der Waals surface area contributed by atoms with Crippen LogP contribution >= 0.6 is 7.82 Å². The zero-order valence-corrected chi connectivity index (χ0v) is 50.6. The topological polar surface area (TPSA) is 108 Å². The lowest BCUT2D eigenvalue weighted by Gasteiger charge is -2.29. The van der Waals surface area contributed by atoms with Gasteiger partial charge in [0.2, 0.25) is 5.91 Å². The van der Waals surface area contributed by atoms with Crippen LogP contribution in [0.3, 0.4) is 0 Å². The van der Waals surface area contributed by atoms with Gasteiger partial charge in [0, 0.05) is 6.42 Å². The van der Waals surface area contributed by atoms with E-state index in [9.17, 15) is 19.4 Å². The molecule has 2 N–H and O–H groups in total. The van der Waals surface area contributed by atoms with E-state index < -0.39 is 26.6 Å². The molecule has 1 amide bonds. The largest absolute Gasteiger partial charge is 0.756 e. The van der Waals surface area contributed by atoms with E-state index in [2.05, 4.69) is 129 Å². The Morgan fingerprint density at radius 2 is 0.816 bits per heavy atom. The van der Waals surface area contributed by atoms with Crippen LogP contribution in [-0.4, -0.2) is 68.5 Å². The molecule has 0 aliphatic carbocycles. The predicted molar refractivity (Wildman–Crippen MR) is 329 cm³/mol. The average molecular weight is 1080 g/mol. The first-order valence-electron chi connectivity index (χ1n) is 30.9. The van der Waals surface area contributed by atoms with Crippen molar-refractivity contribution in [1.82, 2.24) is 5.32 Å². The maximum Gasteiger partial charge on any atom is 0.268 e. The maximum atomic E-state index is 13.0. The van der Waals surface area contributed by atoms with Gasteiger partial charge in [-0.15, -0.1) is 0 Å². The highest BCUT2D eigenvalue weighted by Crippen LogP contribution is 2.38. The Hall–Kier alpha value is -3.10. The number of unbranched alkanes of at least 4 members (excludes halogenated alkanes) is 24. The van der Waals surface area contributed by atoms with Crippen LogP contribution in [0.15, 0.2) is 122 Å². The van der Waals surface area contributed by atoms with Crippen molar-refractivity contribution in [2.75, 3.05) is 40.9 Å². The number of phosphoric acid groups is 1. The standard InChI is InChI=1S/C67H117N2O6P/c1-6-8-10-12-14-16-18-20-22-24-26-28-29-30-31-32-33-34-35-36-37-38-39-41-43-45-47-49-51-53-55-57-59-61-67(71)68-65(64-75-76(72,73)74-63-62-69(3,4)5)66(70)60-58-56-54-52-50-48-46-44-42-40-27-25-23-21-19-17-15-13-11-9-7-2/h8,10,14,16,20,22,26,28,30-31,33-34,36-37,39,41,50,52,58,60,65-66,70H,6-7,9,11-13,15,17-19,21,23-25,27,29,32,35,38,40,42-49,51,53-57,59,61-64H2,1-5H3,(H-,68,71,72,73)/b10-8-,16-14-,22-20-,28-26-,31-30-,34-33-,37-36-,41-39-,52-50+,60-58+. The molecule has 0 spiro atoms. The van der Waals surface area contributed by atoms with Gasteiger partial charge in [-0.05, 0) is 96.3 Å². The molecular weight excluding hydrogens is 960 g/mol. The summed E-state index contributed by atoms with van der Waals surface area (Å²) in [5, 5.41) is 13.9. The van der Waals surface area contributed by atoms with Gasteiger partial charge in [-0.1, -0.05) is 264 Å². The van der Waals surface area contributed by atoms with Crippen LogP contribution in [0, 0.1) is 0 Å². The number of carbonyl (C=O) groups is 1. The second-order valence-electron chi connectivity index (χ2n) is 21.7. The molecule has 0 saturated carbocycles. The highest BCUT2D eigenvalue weighted by molar-refractivity contribution is 7.45. The van der Waals surface area contributed by atoms with E-state index in [-0.39, 0.29) is 12.5 Å². The van der Waals surface area contributed by atoms with Crippen LogP contribution in [0.4, 0.5) is 0 Å². The fraction of sp³-hybridized carbons (Fsp3) is 0.687. The number of aliphatic hydroxyl groups excluding tert-OH is 1. The van der Waals surface area contributed by atoms with Gasteiger partial charge >= 0.3 is 0 Å². The molecular formula is C67H117N2O6P. The molecule has 8 nitrogen and oxygen atoms in total. The SMILES string of the molecule is CC/C=C\C/C=C\C/C=C\C/C=C\C/C=C\C/C=C\C/C=C\C/C=C\CCCCCCCCCCC(=O)NC(COP(=O)([O-])OCC[N+](C)(C)C)C(O)/C=C/CC/C=C/CCCCCCCCCCCCCCCCC. The van der Waals surface area contributed by atoms with Gasteiger partial charge in [-0.2, -0.15) is 0 Å². The van der Waals surface area contributed by atoms with Gasteiger partial charge in [-0.25, -0.2) is 0 Å². The second kappa shape index (κ2) is 56.6. The molecule has 76 heavy (non-hydrogen) atoms. The van der Waals surface area contributed by atoms with Crippen LogP contribution in [0.5, 0.6) is 0 Å². The average Bonchev–Trinajstić information content (AvgIpc) is 3.38. The number of amides is 1. The number of aliphatic hydroxyl groups is 1. The minimum Gasteiger partial charge on any atom is -0.756 e. The predicted octanol–water partition coefficient (Wildman–Crippen LogP) is 18.7. The van der Waals surface area contributed by atoms with Gasteiger partial charge in [0.25, 0.3) is 7.82 Å². The van der Waals surface area contributed by atoms with E-state index in [1.54, 1.807) is 6.08 Å². The third-order valence-corrected chi connectivity index (χ3v) is 14.1. The zero-order valence-electron chi connectivity index (χ0n) is 49.7. The Morgan fingerprint density at radius 3 is 1.22 bits per heavy atom. The summed E-state index contributed by atoms with van der Waals surface area (Å²) in [6, 6.07) is -0.918. The number of hydrogen-bond acceptors (Lipinski definition) is 6. The third kappa shape index (κ3) is 58.6. The molecule has 0 aliphatic rings. The highest BCUT2D eigenvalue weighted by atomic mass is 31.2. The van der Waals surface area contributed by atoms with Gasteiger partial charge in [0.1, 0.15) is 13.2 Å². The molecule has 0 aliphatic heterocycles. The number of rotatable bonds is 55. The Labute approximate surface area is 469 Å². The van der Waals surface area contributed by atoms with Crippen molar-refractivity contribution in [2.45, 2.75) is 257 Å². The van der Waals surface area contributed by atoms with Crippen LogP contribution in [-0.2, 0) is 18.4 Å². The molecule has 0 aromatic carbocycles. The van der Waals surface area contributed by atoms with Crippen LogP contribution in [0.1, 0.15) is 245 Å². The first kappa shape index (κ1) is 72.9. The van der Waals surface area contributed by atoms with E-state index in [0.29, 0.717) is 17.4 Å². The minimum atomic E-state index is -4.62. The molecule has 0 saturated heterocycles. The van der Waals surface area contributed by atoms with Crippen molar-refractivity contribution in [1.29, 1.82) is 0 Å². The molecule has 0 bridgehead atoms. The number of hydrogen-bond donors (Lipinski definition) is 2. The van der Waals surface area contributed by atoms with Crippen molar-refractivity contribution in [3.63, 3.8) is 0 Å². The first-order chi connectivity index (χ1) is 37.0. The van der Waals surface area contributed by atoms with Gasteiger partial charge < -0.3 is 28.8 Å². The summed E-state index contributed by atoms with van der Waals surface area (Å²) in [4.78, 5) is 25.5. The van der Waals surface area contributed by atoms with Crippen molar-refractivity contribution < 1.29 is 32.9 Å². The number of quaternary nitrogens is 1. The van der Waals surface area contributed by atoms with E-state index in [1.165, 1.54) is 122 Å². The maximum absolute atomic E-state index is 13.0. The molecule has 436 valence electrons. The molecule has 0 aromatic heterocycles. The number of likely N-dealkylation sites (N-methyl/N-ethyl adjacent to an activating group) is 1. The summed E-state index contributed by atoms with van der Waals surface area (Å²) >= 11 is 0. The van der Waals surface area contributed by atoms with Crippen LogP contribution in [0.25, 0.3) is 0 Å². The Kier molecular flexibility index (Phi) is 54.3. The summed E-state index contributed by atoms with van der Waals surface area (Å²) in [5.41, 5.74) is 0. The third-order valence-electron chi connectivity index (χ3n) is 13.2. The smallest absolute Gasteiger partial charge is 0.268 e. The van der Waals surface area contributed by atoms with Gasteiger partial charge in [-0.3, -0.25) is 9.36 Å². The monoisotopic (exact) mass is 1080 g/mol. The number of allylic oxidation sites excluding steroid dienone is 19. The molecule has 9 heteroatoms. The van der Waals surface area contributed by atoms with Gasteiger partial charge in [0.05, 0.1) is 39.9 Å². The summed E-state index contributed by atoms with van der Waals surface area (Å²) in [5.74, 6) is -0.220. The lowest BCUT2D eigenvalue weighted by molar-refractivity contribution is -0.870.